The van der Waals surface area contributed by atoms with Crippen LogP contribution in [0.25, 0.3) is 0 Å². The third-order valence-corrected chi connectivity index (χ3v) is 5.86. The topological polar surface area (TPSA) is 43.9 Å². The summed E-state index contributed by atoms with van der Waals surface area (Å²) < 4.78 is 0. The third-order valence-electron chi connectivity index (χ3n) is 5.86. The molecule has 2 amide bonds. The van der Waals surface area contributed by atoms with Gasteiger partial charge in [0, 0.05) is 51.6 Å². The Balaban J connectivity index is 1.41. The third kappa shape index (κ3) is 4.38. The van der Waals surface area contributed by atoms with Crippen LogP contribution in [0.1, 0.15) is 38.5 Å². The number of hydrogen-bond donors (Lipinski definition) is 0. The van der Waals surface area contributed by atoms with Gasteiger partial charge in [-0.15, -0.1) is 0 Å². The van der Waals surface area contributed by atoms with Gasteiger partial charge in [0.2, 0.25) is 11.8 Å². The lowest BCUT2D eigenvalue weighted by Crippen LogP contribution is -2.48. The maximum absolute atomic E-state index is 12.6. The van der Waals surface area contributed by atoms with E-state index in [9.17, 15) is 9.59 Å². The van der Waals surface area contributed by atoms with E-state index >= 15 is 0 Å². The molecular weight excluding hydrogens is 302 g/mol. The van der Waals surface area contributed by atoms with Crippen LogP contribution >= 0.6 is 0 Å². The fourth-order valence-electron chi connectivity index (χ4n) is 4.07. The summed E-state index contributed by atoms with van der Waals surface area (Å²) in [5, 5.41) is 0. The number of carbonyl (C=O) groups is 2. The van der Waals surface area contributed by atoms with Gasteiger partial charge in [-0.1, -0.05) is 12.2 Å². The van der Waals surface area contributed by atoms with Crippen LogP contribution in [0.3, 0.4) is 0 Å². The molecule has 3 rings (SSSR count). The number of likely N-dealkylation sites (tertiary alicyclic amines) is 1. The lowest BCUT2D eigenvalue weighted by molar-refractivity contribution is -0.137. The molecule has 5 heteroatoms. The van der Waals surface area contributed by atoms with Gasteiger partial charge >= 0.3 is 0 Å². The van der Waals surface area contributed by atoms with Crippen LogP contribution in [0.5, 0.6) is 0 Å². The molecule has 0 bridgehead atoms. The van der Waals surface area contributed by atoms with Crippen molar-refractivity contribution in [2.24, 2.45) is 11.8 Å². The molecular formula is C19H31N3O2. The van der Waals surface area contributed by atoms with Gasteiger partial charge < -0.3 is 14.7 Å². The summed E-state index contributed by atoms with van der Waals surface area (Å²) in [7, 11) is 2.11. The van der Waals surface area contributed by atoms with E-state index in [0.29, 0.717) is 24.2 Å². The van der Waals surface area contributed by atoms with Gasteiger partial charge in [0.25, 0.3) is 0 Å². The number of likely N-dealkylation sites (N-methyl/N-ethyl adjacent to an activating group) is 1. The summed E-state index contributed by atoms with van der Waals surface area (Å²) in [6.07, 6.45) is 9.89. The lowest BCUT2D eigenvalue weighted by atomic mass is 9.89. The first-order chi connectivity index (χ1) is 11.6. The first-order valence-electron chi connectivity index (χ1n) is 9.53. The van der Waals surface area contributed by atoms with Gasteiger partial charge in [0.05, 0.1) is 0 Å². The Morgan fingerprint density at radius 3 is 2.25 bits per heavy atom. The highest BCUT2D eigenvalue weighted by atomic mass is 16.2. The first-order valence-corrected chi connectivity index (χ1v) is 9.53. The van der Waals surface area contributed by atoms with Crippen molar-refractivity contribution >= 4 is 11.8 Å². The van der Waals surface area contributed by atoms with Crippen molar-refractivity contribution in [2.75, 3.05) is 46.3 Å². The number of piperidine rings is 1. The summed E-state index contributed by atoms with van der Waals surface area (Å²) in [6.45, 7) is 5.35. The lowest BCUT2D eigenvalue weighted by Gasteiger charge is -2.36. The molecule has 0 aromatic rings. The van der Waals surface area contributed by atoms with Crippen molar-refractivity contribution in [3.8, 4) is 0 Å². The van der Waals surface area contributed by atoms with E-state index in [0.717, 1.165) is 71.4 Å². The highest BCUT2D eigenvalue weighted by molar-refractivity contribution is 5.79. The second kappa shape index (κ2) is 8.15. The average molecular weight is 333 g/mol. The minimum Gasteiger partial charge on any atom is -0.342 e. The average Bonchev–Trinajstić information content (AvgIpc) is 2.63. The number of nitrogens with zero attached hydrogens (tertiary/aromatic N) is 3. The Morgan fingerprint density at radius 2 is 1.62 bits per heavy atom. The van der Waals surface area contributed by atoms with Gasteiger partial charge in [0.15, 0.2) is 0 Å². The quantitative estimate of drug-likeness (QED) is 0.739. The monoisotopic (exact) mass is 333 g/mol. The molecule has 0 aromatic carbocycles. The van der Waals surface area contributed by atoms with Gasteiger partial charge in [-0.3, -0.25) is 9.59 Å². The number of amides is 2. The Hall–Kier alpha value is -1.36. The molecule has 5 nitrogen and oxygen atoms in total. The molecule has 3 aliphatic rings. The van der Waals surface area contributed by atoms with E-state index in [1.807, 2.05) is 9.80 Å². The molecule has 2 saturated heterocycles. The molecule has 0 radical (unpaired) electrons. The molecule has 2 fully saturated rings. The molecule has 0 spiro atoms. The van der Waals surface area contributed by atoms with Crippen LogP contribution in [0.4, 0.5) is 0 Å². The van der Waals surface area contributed by atoms with E-state index in [1.165, 1.54) is 0 Å². The number of allylic oxidation sites excluding steroid dienone is 2. The molecule has 2 heterocycles. The van der Waals surface area contributed by atoms with Gasteiger partial charge in [-0.25, -0.2) is 0 Å². The minimum atomic E-state index is 0.193. The SMILES string of the molecule is CN1CCN(C(=O)CC2CCN(C(=O)C3CC=CCC3)CC2)CC1. The summed E-state index contributed by atoms with van der Waals surface area (Å²) >= 11 is 0. The minimum absolute atomic E-state index is 0.193. The largest absolute Gasteiger partial charge is 0.342 e. The maximum Gasteiger partial charge on any atom is 0.226 e. The summed E-state index contributed by atoms with van der Waals surface area (Å²) in [6, 6.07) is 0. The van der Waals surface area contributed by atoms with Gasteiger partial charge in [-0.2, -0.15) is 0 Å². The molecule has 1 unspecified atom stereocenters. The number of hydrogen-bond acceptors (Lipinski definition) is 3. The molecule has 0 saturated carbocycles. The zero-order valence-electron chi connectivity index (χ0n) is 15.0. The van der Waals surface area contributed by atoms with Crippen LogP contribution in [-0.2, 0) is 9.59 Å². The van der Waals surface area contributed by atoms with E-state index < -0.39 is 0 Å². The molecule has 1 atom stereocenters. The summed E-state index contributed by atoms with van der Waals surface area (Å²) in [4.78, 5) is 31.4. The van der Waals surface area contributed by atoms with Crippen molar-refractivity contribution in [2.45, 2.75) is 38.5 Å². The molecule has 0 aromatic heterocycles. The molecule has 2 aliphatic heterocycles. The maximum atomic E-state index is 12.6. The Kier molecular flexibility index (Phi) is 5.93. The fourth-order valence-corrected chi connectivity index (χ4v) is 4.07. The van der Waals surface area contributed by atoms with Crippen molar-refractivity contribution in [1.29, 1.82) is 0 Å². The van der Waals surface area contributed by atoms with Gasteiger partial charge in [-0.05, 0) is 45.1 Å². The number of carbonyl (C=O) groups excluding carboxylic acids is 2. The van der Waals surface area contributed by atoms with E-state index in [4.69, 9.17) is 0 Å². The molecule has 1 aliphatic carbocycles. The Bertz CT molecular complexity index is 475. The molecule has 134 valence electrons. The predicted octanol–water partition coefficient (Wildman–Crippen LogP) is 1.75. The normalized spacial score (nSPS) is 26.6. The Labute approximate surface area is 145 Å². The van der Waals surface area contributed by atoms with Crippen LogP contribution in [-0.4, -0.2) is 72.8 Å². The first kappa shape index (κ1) is 17.5. The zero-order chi connectivity index (χ0) is 16.9. The second-order valence-corrected chi connectivity index (χ2v) is 7.64. The fraction of sp³-hybridized carbons (Fsp3) is 0.789. The smallest absolute Gasteiger partial charge is 0.226 e. The highest BCUT2D eigenvalue weighted by Gasteiger charge is 2.30. The van der Waals surface area contributed by atoms with E-state index in [-0.39, 0.29) is 5.92 Å². The van der Waals surface area contributed by atoms with Gasteiger partial charge in [0.1, 0.15) is 0 Å². The summed E-state index contributed by atoms with van der Waals surface area (Å²) in [5.74, 6) is 1.29. The van der Waals surface area contributed by atoms with E-state index in [2.05, 4.69) is 24.1 Å². The Morgan fingerprint density at radius 1 is 0.917 bits per heavy atom. The van der Waals surface area contributed by atoms with E-state index in [1.54, 1.807) is 0 Å². The standard InChI is InChI=1S/C19H31N3O2/c1-20-11-13-21(14-12-20)18(23)15-16-7-9-22(10-8-16)19(24)17-5-3-2-4-6-17/h2-3,16-17H,4-15H2,1H3. The second-order valence-electron chi connectivity index (χ2n) is 7.64. The van der Waals surface area contributed by atoms with Crippen LogP contribution in [0.15, 0.2) is 12.2 Å². The molecule has 0 N–H and O–H groups in total. The van der Waals surface area contributed by atoms with Crippen molar-refractivity contribution in [3.63, 3.8) is 0 Å². The van der Waals surface area contributed by atoms with Crippen LogP contribution in [0.2, 0.25) is 0 Å². The number of rotatable bonds is 3. The zero-order valence-corrected chi connectivity index (χ0v) is 15.0. The number of piperazine rings is 1. The predicted molar refractivity (Wildman–Crippen MR) is 94.5 cm³/mol. The van der Waals surface area contributed by atoms with Crippen molar-refractivity contribution < 1.29 is 9.59 Å². The van der Waals surface area contributed by atoms with Crippen molar-refractivity contribution in [1.82, 2.24) is 14.7 Å². The summed E-state index contributed by atoms with van der Waals surface area (Å²) in [5.41, 5.74) is 0. The van der Waals surface area contributed by atoms with Crippen LogP contribution < -0.4 is 0 Å². The van der Waals surface area contributed by atoms with Crippen molar-refractivity contribution in [3.05, 3.63) is 12.2 Å². The van der Waals surface area contributed by atoms with Crippen LogP contribution in [0, 0.1) is 11.8 Å². The molecule has 24 heavy (non-hydrogen) atoms. The highest BCUT2D eigenvalue weighted by Crippen LogP contribution is 2.26.